The predicted molar refractivity (Wildman–Crippen MR) is 72.1 cm³/mol. The summed E-state index contributed by atoms with van der Waals surface area (Å²) in [6.07, 6.45) is -3.10. The second-order valence-corrected chi connectivity index (χ2v) is 4.26. The minimum atomic E-state index is -4.41. The third-order valence-electron chi connectivity index (χ3n) is 2.81. The summed E-state index contributed by atoms with van der Waals surface area (Å²) in [7, 11) is 0. The van der Waals surface area contributed by atoms with Crippen LogP contribution in [0, 0.1) is 0 Å². The van der Waals surface area contributed by atoms with Gasteiger partial charge in [-0.05, 0) is 19.1 Å². The van der Waals surface area contributed by atoms with Gasteiger partial charge in [-0.3, -0.25) is 0 Å². The molecule has 118 valence electrons. The molecule has 0 bridgehead atoms. The van der Waals surface area contributed by atoms with Gasteiger partial charge in [0.25, 0.3) is 0 Å². The van der Waals surface area contributed by atoms with Gasteiger partial charge in [0, 0.05) is 5.56 Å². The van der Waals surface area contributed by atoms with Gasteiger partial charge in [0.1, 0.15) is 12.3 Å². The molecule has 1 N–H and O–H groups in total. The van der Waals surface area contributed by atoms with Crippen molar-refractivity contribution in [1.82, 2.24) is 5.16 Å². The zero-order valence-electron chi connectivity index (χ0n) is 11.6. The lowest BCUT2D eigenvalue weighted by Crippen LogP contribution is -2.04. The quantitative estimate of drug-likeness (QED) is 0.679. The summed E-state index contributed by atoms with van der Waals surface area (Å²) in [5.74, 6) is 0.209. The molecule has 0 fully saturated rings. The predicted octanol–water partition coefficient (Wildman–Crippen LogP) is 3.22. The Bertz CT molecular complexity index is 648. The summed E-state index contributed by atoms with van der Waals surface area (Å²) < 4.78 is 42.8. The van der Waals surface area contributed by atoms with Crippen molar-refractivity contribution >= 4 is 6.21 Å². The number of alkyl halides is 3. The molecule has 1 aromatic heterocycles. The summed E-state index contributed by atoms with van der Waals surface area (Å²) in [6, 6.07) is 4.42. The summed E-state index contributed by atoms with van der Waals surface area (Å²) in [6.45, 7) is 1.71. The van der Waals surface area contributed by atoms with Gasteiger partial charge in [0.05, 0.1) is 23.9 Å². The fourth-order valence-electron chi connectivity index (χ4n) is 1.76. The summed E-state index contributed by atoms with van der Waals surface area (Å²) in [4.78, 5) is 4.83. The number of aliphatic hydroxyl groups excluding tert-OH is 1. The third kappa shape index (κ3) is 3.45. The van der Waals surface area contributed by atoms with Gasteiger partial charge in [-0.2, -0.15) is 13.2 Å². The molecule has 2 rings (SSSR count). The van der Waals surface area contributed by atoms with Gasteiger partial charge in [-0.25, -0.2) is 0 Å². The van der Waals surface area contributed by atoms with Gasteiger partial charge in [-0.15, -0.1) is 0 Å². The molecule has 0 spiro atoms. The highest BCUT2D eigenvalue weighted by atomic mass is 19.4. The molecule has 0 aliphatic heterocycles. The Balaban J connectivity index is 2.38. The maximum atomic E-state index is 12.6. The highest BCUT2D eigenvalue weighted by Crippen LogP contribution is 2.32. The average molecular weight is 314 g/mol. The molecule has 2 aromatic rings. The highest BCUT2D eigenvalue weighted by molar-refractivity contribution is 5.89. The van der Waals surface area contributed by atoms with Crippen LogP contribution in [0.2, 0.25) is 0 Å². The second kappa shape index (κ2) is 6.61. The standard InChI is InChI=1S/C14H13F3N2O3/c1-2-21-18-7-11-12(8-20)19-22-13(11)9-3-5-10(6-4-9)14(15,16)17/h3-7,20H,2,8H2,1H3/b18-7-. The molecule has 0 amide bonds. The molecule has 0 unspecified atom stereocenters. The molecular weight excluding hydrogens is 301 g/mol. The second-order valence-electron chi connectivity index (χ2n) is 4.26. The normalized spacial score (nSPS) is 12.0. The van der Waals surface area contributed by atoms with Crippen LogP contribution in [0.5, 0.6) is 0 Å². The Morgan fingerprint density at radius 3 is 2.55 bits per heavy atom. The van der Waals surface area contributed by atoms with E-state index in [1.807, 2.05) is 0 Å². The van der Waals surface area contributed by atoms with Crippen LogP contribution in [0.25, 0.3) is 11.3 Å². The van der Waals surface area contributed by atoms with E-state index in [1.165, 1.54) is 18.3 Å². The first-order valence-electron chi connectivity index (χ1n) is 6.39. The topological polar surface area (TPSA) is 67.8 Å². The molecule has 5 nitrogen and oxygen atoms in total. The van der Waals surface area contributed by atoms with Crippen molar-refractivity contribution in [3.8, 4) is 11.3 Å². The van der Waals surface area contributed by atoms with Crippen LogP contribution in [0.15, 0.2) is 33.9 Å². The van der Waals surface area contributed by atoms with Crippen molar-refractivity contribution < 1.29 is 27.6 Å². The van der Waals surface area contributed by atoms with Gasteiger partial charge in [0.2, 0.25) is 0 Å². The molecule has 0 saturated carbocycles. The Labute approximate surface area is 124 Å². The number of benzene rings is 1. The van der Waals surface area contributed by atoms with E-state index in [1.54, 1.807) is 6.92 Å². The van der Waals surface area contributed by atoms with Crippen LogP contribution in [0.3, 0.4) is 0 Å². The van der Waals surface area contributed by atoms with Crippen LogP contribution in [0.4, 0.5) is 13.2 Å². The van der Waals surface area contributed by atoms with E-state index in [0.717, 1.165) is 12.1 Å². The van der Waals surface area contributed by atoms with Crippen molar-refractivity contribution in [2.75, 3.05) is 6.61 Å². The number of oxime groups is 1. The molecule has 0 aliphatic rings. The summed E-state index contributed by atoms with van der Waals surface area (Å²) in [5, 5.41) is 16.5. The van der Waals surface area contributed by atoms with E-state index in [2.05, 4.69) is 10.3 Å². The zero-order valence-corrected chi connectivity index (χ0v) is 11.6. The molecular formula is C14H13F3N2O3. The first-order valence-corrected chi connectivity index (χ1v) is 6.39. The van der Waals surface area contributed by atoms with E-state index in [-0.39, 0.29) is 11.5 Å². The molecule has 1 heterocycles. The van der Waals surface area contributed by atoms with E-state index in [4.69, 9.17) is 9.36 Å². The Hall–Kier alpha value is -2.35. The number of rotatable bonds is 5. The molecule has 0 atom stereocenters. The van der Waals surface area contributed by atoms with Crippen LogP contribution in [-0.4, -0.2) is 23.1 Å². The average Bonchev–Trinajstić information content (AvgIpc) is 2.90. The minimum absolute atomic E-state index is 0.209. The molecule has 0 saturated heterocycles. The van der Waals surface area contributed by atoms with Crippen LogP contribution in [0.1, 0.15) is 23.7 Å². The first kappa shape index (κ1) is 16.0. The van der Waals surface area contributed by atoms with Crippen LogP contribution >= 0.6 is 0 Å². The van der Waals surface area contributed by atoms with E-state index in [9.17, 15) is 18.3 Å². The zero-order chi connectivity index (χ0) is 16.2. The van der Waals surface area contributed by atoms with E-state index >= 15 is 0 Å². The number of halogens is 3. The van der Waals surface area contributed by atoms with Crippen molar-refractivity contribution in [2.24, 2.45) is 5.16 Å². The lowest BCUT2D eigenvalue weighted by Gasteiger charge is -2.06. The molecule has 8 heteroatoms. The van der Waals surface area contributed by atoms with Crippen LogP contribution in [-0.2, 0) is 17.6 Å². The summed E-state index contributed by atoms with van der Waals surface area (Å²) in [5.41, 5.74) is 0.204. The smallest absolute Gasteiger partial charge is 0.396 e. The van der Waals surface area contributed by atoms with Crippen molar-refractivity contribution in [3.63, 3.8) is 0 Å². The fourth-order valence-corrected chi connectivity index (χ4v) is 1.76. The Kier molecular flexibility index (Phi) is 4.81. The lowest BCUT2D eigenvalue weighted by atomic mass is 10.1. The van der Waals surface area contributed by atoms with E-state index < -0.39 is 18.3 Å². The Morgan fingerprint density at radius 1 is 1.32 bits per heavy atom. The van der Waals surface area contributed by atoms with Crippen LogP contribution < -0.4 is 0 Å². The molecule has 0 radical (unpaired) electrons. The third-order valence-corrected chi connectivity index (χ3v) is 2.81. The number of nitrogens with zero attached hydrogens (tertiary/aromatic N) is 2. The maximum Gasteiger partial charge on any atom is 0.416 e. The number of hydrogen-bond donors (Lipinski definition) is 1. The monoisotopic (exact) mass is 314 g/mol. The lowest BCUT2D eigenvalue weighted by molar-refractivity contribution is -0.137. The number of aromatic nitrogens is 1. The van der Waals surface area contributed by atoms with Crippen molar-refractivity contribution in [1.29, 1.82) is 0 Å². The van der Waals surface area contributed by atoms with Crippen molar-refractivity contribution in [2.45, 2.75) is 19.7 Å². The minimum Gasteiger partial charge on any atom is -0.396 e. The number of hydrogen-bond acceptors (Lipinski definition) is 5. The van der Waals surface area contributed by atoms with Gasteiger partial charge in [0.15, 0.2) is 5.76 Å². The molecule has 0 aliphatic carbocycles. The van der Waals surface area contributed by atoms with Crippen molar-refractivity contribution in [3.05, 3.63) is 41.1 Å². The fraction of sp³-hybridized carbons (Fsp3) is 0.286. The largest absolute Gasteiger partial charge is 0.416 e. The van der Waals surface area contributed by atoms with E-state index in [0.29, 0.717) is 17.7 Å². The SMILES string of the molecule is CCO/N=C\c1c(CO)noc1-c1ccc(C(F)(F)F)cc1. The van der Waals surface area contributed by atoms with Gasteiger partial charge >= 0.3 is 6.18 Å². The first-order chi connectivity index (χ1) is 10.5. The molecule has 1 aromatic carbocycles. The van der Waals surface area contributed by atoms with Gasteiger partial charge < -0.3 is 14.5 Å². The summed E-state index contributed by atoms with van der Waals surface area (Å²) >= 11 is 0. The maximum absolute atomic E-state index is 12.6. The highest BCUT2D eigenvalue weighted by Gasteiger charge is 2.30. The van der Waals surface area contributed by atoms with Gasteiger partial charge in [-0.1, -0.05) is 22.4 Å². The molecule has 22 heavy (non-hydrogen) atoms. The number of aliphatic hydroxyl groups is 1. The Morgan fingerprint density at radius 2 is 2.00 bits per heavy atom.